The molecule has 0 saturated heterocycles. The second kappa shape index (κ2) is 7.20. The minimum atomic E-state index is -0.281. The second-order valence-electron chi connectivity index (χ2n) is 7.36. The van der Waals surface area contributed by atoms with Crippen molar-refractivity contribution < 1.29 is 4.39 Å². The van der Waals surface area contributed by atoms with Crippen molar-refractivity contribution >= 4 is 16.9 Å². The summed E-state index contributed by atoms with van der Waals surface area (Å²) in [7, 11) is 0. The van der Waals surface area contributed by atoms with Gasteiger partial charge < -0.3 is 5.73 Å². The lowest BCUT2D eigenvalue weighted by molar-refractivity contribution is 0.589. The number of aromatic nitrogens is 6. The first-order valence-corrected chi connectivity index (χ1v) is 9.76. The Morgan fingerprint density at radius 2 is 1.90 bits per heavy atom. The number of rotatable bonds is 4. The van der Waals surface area contributed by atoms with Crippen molar-refractivity contribution in [1.29, 1.82) is 0 Å². The maximum atomic E-state index is 14.1. The predicted octanol–water partition coefficient (Wildman–Crippen LogP) is 3.71. The van der Waals surface area contributed by atoms with Gasteiger partial charge in [0.05, 0.1) is 11.9 Å². The quantitative estimate of drug-likeness (QED) is 0.572. The number of nitrogens with two attached hydrogens (primary N) is 1. The van der Waals surface area contributed by atoms with Gasteiger partial charge in [-0.3, -0.25) is 0 Å². The van der Waals surface area contributed by atoms with E-state index in [-0.39, 0.29) is 12.4 Å². The molecule has 0 unspecified atom stereocenters. The van der Waals surface area contributed by atoms with Crippen LogP contribution in [0.3, 0.4) is 0 Å². The Bertz CT molecular complexity index is 1180. The molecule has 0 bridgehead atoms. The molecule has 7 nitrogen and oxygen atoms in total. The van der Waals surface area contributed by atoms with Crippen LogP contribution in [0.5, 0.6) is 0 Å². The van der Waals surface area contributed by atoms with E-state index < -0.39 is 0 Å². The van der Waals surface area contributed by atoms with Crippen LogP contribution < -0.4 is 5.73 Å². The summed E-state index contributed by atoms with van der Waals surface area (Å²) in [5, 5.41) is 14.1. The third-order valence-corrected chi connectivity index (χ3v) is 5.48. The lowest BCUT2D eigenvalue weighted by Crippen LogP contribution is -2.09. The Morgan fingerprint density at radius 3 is 2.69 bits per heavy atom. The highest BCUT2D eigenvalue weighted by Crippen LogP contribution is 2.35. The maximum Gasteiger partial charge on any atom is 0.204 e. The first kappa shape index (κ1) is 17.7. The molecule has 2 N–H and O–H groups in total. The van der Waals surface area contributed by atoms with E-state index in [0.717, 1.165) is 23.9 Å². The normalized spacial score (nSPS) is 14.7. The average molecular weight is 389 g/mol. The van der Waals surface area contributed by atoms with Crippen LogP contribution in [0.4, 0.5) is 10.2 Å². The second-order valence-corrected chi connectivity index (χ2v) is 7.36. The third kappa shape index (κ3) is 3.20. The molecule has 0 radical (unpaired) electrons. The van der Waals surface area contributed by atoms with Crippen LogP contribution in [0.2, 0.25) is 0 Å². The molecular weight excluding hydrogens is 369 g/mol. The van der Waals surface area contributed by atoms with Crippen molar-refractivity contribution in [3.63, 3.8) is 0 Å². The summed E-state index contributed by atoms with van der Waals surface area (Å²) in [4.78, 5) is 8.93. The molecule has 1 fully saturated rings. The van der Waals surface area contributed by atoms with Gasteiger partial charge in [-0.1, -0.05) is 31.0 Å². The van der Waals surface area contributed by atoms with Crippen molar-refractivity contribution in [3.8, 4) is 11.5 Å². The summed E-state index contributed by atoms with van der Waals surface area (Å²) >= 11 is 0. The van der Waals surface area contributed by atoms with Gasteiger partial charge in [0.15, 0.2) is 5.65 Å². The SMILES string of the molecule is Nc1nc(-c2nn(Cc3ccccc3F)c3ncccc23)nnc1C1CCCC1. The van der Waals surface area contributed by atoms with Gasteiger partial charge in [-0.05, 0) is 31.0 Å². The molecule has 1 aromatic carbocycles. The zero-order valence-electron chi connectivity index (χ0n) is 15.8. The van der Waals surface area contributed by atoms with Gasteiger partial charge in [0.2, 0.25) is 5.82 Å². The first-order chi connectivity index (χ1) is 14.2. The molecular formula is C21H20FN7. The highest BCUT2D eigenvalue weighted by Gasteiger charge is 2.24. The predicted molar refractivity (Wildman–Crippen MR) is 107 cm³/mol. The molecule has 146 valence electrons. The Morgan fingerprint density at radius 1 is 1.07 bits per heavy atom. The Kier molecular flexibility index (Phi) is 4.38. The fourth-order valence-corrected chi connectivity index (χ4v) is 4.01. The van der Waals surface area contributed by atoms with Crippen LogP contribution in [0.1, 0.15) is 42.9 Å². The van der Waals surface area contributed by atoms with Gasteiger partial charge >= 0.3 is 0 Å². The molecule has 1 aliphatic carbocycles. The van der Waals surface area contributed by atoms with Gasteiger partial charge in [-0.2, -0.15) is 5.10 Å². The third-order valence-electron chi connectivity index (χ3n) is 5.48. The zero-order valence-corrected chi connectivity index (χ0v) is 15.8. The number of fused-ring (bicyclic) bond motifs is 1. The Hall–Kier alpha value is -3.42. The van der Waals surface area contributed by atoms with Crippen molar-refractivity contribution in [2.24, 2.45) is 0 Å². The Balaban J connectivity index is 1.57. The molecule has 1 aliphatic rings. The first-order valence-electron chi connectivity index (χ1n) is 9.76. The highest BCUT2D eigenvalue weighted by atomic mass is 19.1. The number of benzene rings is 1. The summed E-state index contributed by atoms with van der Waals surface area (Å²) in [5.74, 6) is 0.815. The van der Waals surface area contributed by atoms with E-state index in [1.165, 1.54) is 18.9 Å². The number of pyridine rings is 1. The minimum absolute atomic E-state index is 0.253. The van der Waals surface area contributed by atoms with Crippen LogP contribution in [-0.2, 0) is 6.54 Å². The molecule has 0 spiro atoms. The largest absolute Gasteiger partial charge is 0.382 e. The van der Waals surface area contributed by atoms with Gasteiger partial charge in [0.25, 0.3) is 0 Å². The van der Waals surface area contributed by atoms with E-state index in [9.17, 15) is 4.39 Å². The summed E-state index contributed by atoms with van der Waals surface area (Å²) < 4.78 is 15.8. The van der Waals surface area contributed by atoms with E-state index in [1.54, 1.807) is 29.1 Å². The molecule has 29 heavy (non-hydrogen) atoms. The minimum Gasteiger partial charge on any atom is -0.382 e. The van der Waals surface area contributed by atoms with Gasteiger partial charge in [-0.15, -0.1) is 10.2 Å². The smallest absolute Gasteiger partial charge is 0.204 e. The lowest BCUT2D eigenvalue weighted by atomic mass is 10.0. The van der Waals surface area contributed by atoms with E-state index in [1.807, 2.05) is 12.1 Å². The standard InChI is InChI=1S/C21H20FN7/c22-16-10-4-3-8-14(16)12-29-21-15(9-5-11-24-21)18(28-29)20-25-19(23)17(26-27-20)13-6-1-2-7-13/h3-5,8-11,13H,1-2,6-7,12H2,(H2,23,25,27). The summed E-state index contributed by atoms with van der Waals surface area (Å²) in [6.45, 7) is 0.253. The molecule has 5 rings (SSSR count). The van der Waals surface area contributed by atoms with Gasteiger partial charge in [0, 0.05) is 17.7 Å². The van der Waals surface area contributed by atoms with Gasteiger partial charge in [-0.25, -0.2) is 19.0 Å². The number of hydrogen-bond acceptors (Lipinski definition) is 6. The van der Waals surface area contributed by atoms with E-state index in [4.69, 9.17) is 5.73 Å². The highest BCUT2D eigenvalue weighted by molar-refractivity contribution is 5.89. The van der Waals surface area contributed by atoms with Crippen LogP contribution in [0.25, 0.3) is 22.6 Å². The van der Waals surface area contributed by atoms with Crippen LogP contribution in [-0.4, -0.2) is 29.9 Å². The maximum absolute atomic E-state index is 14.1. The van der Waals surface area contributed by atoms with E-state index in [0.29, 0.717) is 34.5 Å². The number of anilines is 1. The number of halogens is 1. The summed E-state index contributed by atoms with van der Waals surface area (Å²) in [6.07, 6.45) is 6.20. The molecule has 0 atom stereocenters. The van der Waals surface area contributed by atoms with Gasteiger partial charge in [0.1, 0.15) is 23.0 Å². The topological polar surface area (TPSA) is 95.4 Å². The fraction of sp³-hybridized carbons (Fsp3) is 0.286. The molecule has 4 aromatic rings. The molecule has 3 aromatic heterocycles. The number of nitrogen functional groups attached to an aromatic ring is 1. The lowest BCUT2D eigenvalue weighted by Gasteiger charge is -2.09. The van der Waals surface area contributed by atoms with Crippen LogP contribution >= 0.6 is 0 Å². The molecule has 3 heterocycles. The Labute approximate surface area is 166 Å². The fourth-order valence-electron chi connectivity index (χ4n) is 4.01. The summed E-state index contributed by atoms with van der Waals surface area (Å²) in [5.41, 5.74) is 8.70. The number of hydrogen-bond donors (Lipinski definition) is 1. The average Bonchev–Trinajstić information content (AvgIpc) is 3.38. The monoisotopic (exact) mass is 389 g/mol. The van der Waals surface area contributed by atoms with E-state index >= 15 is 0 Å². The summed E-state index contributed by atoms with van der Waals surface area (Å²) in [6, 6.07) is 10.4. The molecule has 0 aliphatic heterocycles. The molecule has 0 amide bonds. The number of nitrogens with zero attached hydrogens (tertiary/aromatic N) is 6. The van der Waals surface area contributed by atoms with Crippen LogP contribution in [0, 0.1) is 5.82 Å². The van der Waals surface area contributed by atoms with Crippen LogP contribution in [0.15, 0.2) is 42.6 Å². The molecule has 8 heteroatoms. The van der Waals surface area contributed by atoms with Crippen molar-refractivity contribution in [3.05, 3.63) is 59.7 Å². The zero-order chi connectivity index (χ0) is 19.8. The van der Waals surface area contributed by atoms with E-state index in [2.05, 4.69) is 25.3 Å². The molecule has 1 saturated carbocycles. The van der Waals surface area contributed by atoms with Crippen molar-refractivity contribution in [2.75, 3.05) is 5.73 Å². The van der Waals surface area contributed by atoms with Crippen molar-refractivity contribution in [1.82, 2.24) is 29.9 Å². The van der Waals surface area contributed by atoms with Crippen molar-refractivity contribution in [2.45, 2.75) is 38.1 Å².